The summed E-state index contributed by atoms with van der Waals surface area (Å²) < 4.78 is 0. The molecule has 1 saturated heterocycles. The number of rotatable bonds is 5. The number of halogens is 1. The molecule has 2 N–H and O–H groups in total. The Balaban J connectivity index is 0.00000264. The van der Waals surface area contributed by atoms with E-state index in [4.69, 9.17) is 0 Å². The maximum Gasteiger partial charge on any atom is 0.220 e. The van der Waals surface area contributed by atoms with Crippen LogP contribution in [-0.4, -0.2) is 25.0 Å². The first-order valence-corrected chi connectivity index (χ1v) is 8.49. The first-order valence-electron chi connectivity index (χ1n) is 8.49. The number of amides is 1. The van der Waals surface area contributed by atoms with Gasteiger partial charge in [-0.15, -0.1) is 12.4 Å². The van der Waals surface area contributed by atoms with Gasteiger partial charge in [0.15, 0.2) is 0 Å². The van der Waals surface area contributed by atoms with Gasteiger partial charge in [0.25, 0.3) is 0 Å². The van der Waals surface area contributed by atoms with Crippen molar-refractivity contribution in [3.63, 3.8) is 0 Å². The minimum absolute atomic E-state index is 0. The lowest BCUT2D eigenvalue weighted by Gasteiger charge is -2.32. The summed E-state index contributed by atoms with van der Waals surface area (Å²) >= 11 is 0. The molecule has 23 heavy (non-hydrogen) atoms. The Morgan fingerprint density at radius 1 is 1.22 bits per heavy atom. The van der Waals surface area contributed by atoms with Gasteiger partial charge in [0, 0.05) is 12.5 Å². The molecular formula is C19H31ClN2O. The summed E-state index contributed by atoms with van der Waals surface area (Å²) in [5.74, 6) is 0.751. The Kier molecular flexibility index (Phi) is 8.07. The highest BCUT2D eigenvalue weighted by Crippen LogP contribution is 2.23. The molecule has 1 heterocycles. The van der Waals surface area contributed by atoms with E-state index in [0.29, 0.717) is 12.3 Å². The second kappa shape index (κ2) is 9.29. The van der Waals surface area contributed by atoms with Crippen LogP contribution in [0.4, 0.5) is 0 Å². The van der Waals surface area contributed by atoms with Crippen LogP contribution in [0.15, 0.2) is 30.3 Å². The zero-order chi connectivity index (χ0) is 16.0. The number of hydrogen-bond donors (Lipinski definition) is 2. The molecule has 3 nitrogen and oxygen atoms in total. The fraction of sp³-hybridized carbons (Fsp3) is 0.632. The van der Waals surface area contributed by atoms with Gasteiger partial charge >= 0.3 is 0 Å². The van der Waals surface area contributed by atoms with Crippen LogP contribution in [0.25, 0.3) is 0 Å². The van der Waals surface area contributed by atoms with Gasteiger partial charge in [-0.05, 0) is 49.2 Å². The maximum atomic E-state index is 12.4. The van der Waals surface area contributed by atoms with Gasteiger partial charge in [0.05, 0.1) is 0 Å². The average Bonchev–Trinajstić information content (AvgIpc) is 2.48. The molecule has 1 unspecified atom stereocenters. The van der Waals surface area contributed by atoms with Crippen molar-refractivity contribution in [1.29, 1.82) is 0 Å². The fourth-order valence-corrected chi connectivity index (χ4v) is 3.02. The lowest BCUT2D eigenvalue weighted by Crippen LogP contribution is -2.46. The molecule has 0 aliphatic carbocycles. The zero-order valence-corrected chi connectivity index (χ0v) is 15.4. The van der Waals surface area contributed by atoms with Crippen molar-refractivity contribution in [3.05, 3.63) is 35.9 Å². The first kappa shape index (κ1) is 20.0. The quantitative estimate of drug-likeness (QED) is 0.861. The second-order valence-corrected chi connectivity index (χ2v) is 7.57. The van der Waals surface area contributed by atoms with Gasteiger partial charge in [0.1, 0.15) is 0 Å². The van der Waals surface area contributed by atoms with Gasteiger partial charge < -0.3 is 10.6 Å². The number of hydrogen-bond acceptors (Lipinski definition) is 2. The number of carbonyl (C=O) groups excluding carboxylic acids is 1. The number of nitrogens with one attached hydrogen (secondary N) is 2. The zero-order valence-electron chi connectivity index (χ0n) is 14.6. The molecule has 2 rings (SSSR count). The predicted molar refractivity (Wildman–Crippen MR) is 99.0 cm³/mol. The third-order valence-electron chi connectivity index (χ3n) is 4.60. The molecule has 4 heteroatoms. The van der Waals surface area contributed by atoms with E-state index in [1.165, 1.54) is 5.56 Å². The molecule has 130 valence electrons. The van der Waals surface area contributed by atoms with Gasteiger partial charge in [-0.1, -0.05) is 51.1 Å². The van der Waals surface area contributed by atoms with Crippen LogP contribution in [0, 0.1) is 11.3 Å². The predicted octanol–water partition coefficient (Wildman–Crippen LogP) is 3.57. The number of piperidine rings is 1. The van der Waals surface area contributed by atoms with Gasteiger partial charge in [-0.25, -0.2) is 0 Å². The largest absolute Gasteiger partial charge is 0.353 e. The van der Waals surface area contributed by atoms with E-state index in [1.807, 2.05) is 6.07 Å². The first-order chi connectivity index (χ1) is 10.4. The van der Waals surface area contributed by atoms with Crippen molar-refractivity contribution in [3.8, 4) is 0 Å². The monoisotopic (exact) mass is 338 g/mol. The summed E-state index contributed by atoms with van der Waals surface area (Å²) in [6.45, 7) is 8.69. The third kappa shape index (κ3) is 6.92. The van der Waals surface area contributed by atoms with Crippen molar-refractivity contribution in [2.75, 3.05) is 13.1 Å². The van der Waals surface area contributed by atoms with E-state index in [2.05, 4.69) is 55.7 Å². The minimum Gasteiger partial charge on any atom is -0.353 e. The van der Waals surface area contributed by atoms with Crippen molar-refractivity contribution < 1.29 is 4.79 Å². The molecule has 1 aliphatic rings. The Labute approximate surface area is 147 Å². The van der Waals surface area contributed by atoms with Crippen molar-refractivity contribution >= 4 is 18.3 Å². The Morgan fingerprint density at radius 2 is 1.83 bits per heavy atom. The topological polar surface area (TPSA) is 41.1 Å². The van der Waals surface area contributed by atoms with Gasteiger partial charge in [0.2, 0.25) is 5.91 Å². The summed E-state index contributed by atoms with van der Waals surface area (Å²) in [6.07, 6.45) is 3.80. The van der Waals surface area contributed by atoms with Gasteiger partial charge in [-0.3, -0.25) is 4.79 Å². The summed E-state index contributed by atoms with van der Waals surface area (Å²) in [4.78, 5) is 12.4. The number of benzene rings is 1. The van der Waals surface area contributed by atoms with Crippen molar-refractivity contribution in [2.24, 2.45) is 11.3 Å². The molecule has 1 fully saturated rings. The van der Waals surface area contributed by atoms with Crippen LogP contribution in [-0.2, 0) is 11.2 Å². The van der Waals surface area contributed by atoms with Crippen LogP contribution in [0.1, 0.15) is 45.6 Å². The summed E-state index contributed by atoms with van der Waals surface area (Å²) in [6, 6.07) is 10.6. The highest BCUT2D eigenvalue weighted by atomic mass is 35.5. The second-order valence-electron chi connectivity index (χ2n) is 7.57. The molecule has 0 bridgehead atoms. The SMILES string of the molecule is CC(C)(C)C(Cc1ccccc1)NC(=O)CC1CCNCC1.Cl. The van der Waals surface area contributed by atoms with Crippen LogP contribution in [0.3, 0.4) is 0 Å². The maximum absolute atomic E-state index is 12.4. The average molecular weight is 339 g/mol. The summed E-state index contributed by atoms with van der Waals surface area (Å²) in [5.41, 5.74) is 1.34. The fourth-order valence-electron chi connectivity index (χ4n) is 3.02. The molecular weight excluding hydrogens is 308 g/mol. The van der Waals surface area contributed by atoms with E-state index in [1.54, 1.807) is 0 Å². The van der Waals surface area contributed by atoms with Gasteiger partial charge in [-0.2, -0.15) is 0 Å². The molecule has 1 aromatic carbocycles. The lowest BCUT2D eigenvalue weighted by atomic mass is 9.82. The molecule has 1 aliphatic heterocycles. The highest BCUT2D eigenvalue weighted by molar-refractivity contribution is 5.85. The standard InChI is InChI=1S/C19H30N2O.ClH/c1-19(2,3)17(13-15-7-5-4-6-8-15)21-18(22)14-16-9-11-20-12-10-16;/h4-8,16-17,20H,9-14H2,1-3H3,(H,21,22);1H. The summed E-state index contributed by atoms with van der Waals surface area (Å²) in [5, 5.41) is 6.65. The van der Waals surface area contributed by atoms with E-state index in [-0.39, 0.29) is 29.8 Å². The number of carbonyl (C=O) groups is 1. The molecule has 0 spiro atoms. The molecule has 1 atom stereocenters. The molecule has 0 aromatic heterocycles. The van der Waals surface area contributed by atoms with E-state index in [9.17, 15) is 4.79 Å². The van der Waals surface area contributed by atoms with E-state index in [0.717, 1.165) is 32.4 Å². The van der Waals surface area contributed by atoms with Crippen LogP contribution >= 0.6 is 12.4 Å². The van der Waals surface area contributed by atoms with E-state index >= 15 is 0 Å². The Bertz CT molecular complexity index is 464. The summed E-state index contributed by atoms with van der Waals surface area (Å²) in [7, 11) is 0. The third-order valence-corrected chi connectivity index (χ3v) is 4.60. The van der Waals surface area contributed by atoms with Crippen molar-refractivity contribution in [2.45, 2.75) is 52.5 Å². The Hall–Kier alpha value is -1.06. The lowest BCUT2D eigenvalue weighted by molar-refractivity contribution is -0.123. The molecule has 1 amide bonds. The van der Waals surface area contributed by atoms with Crippen LogP contribution < -0.4 is 10.6 Å². The molecule has 0 radical (unpaired) electrons. The van der Waals surface area contributed by atoms with Crippen LogP contribution in [0.2, 0.25) is 0 Å². The van der Waals surface area contributed by atoms with Crippen LogP contribution in [0.5, 0.6) is 0 Å². The normalized spacial score (nSPS) is 17.2. The highest BCUT2D eigenvalue weighted by Gasteiger charge is 2.27. The molecule has 0 saturated carbocycles. The van der Waals surface area contributed by atoms with Crippen molar-refractivity contribution in [1.82, 2.24) is 10.6 Å². The smallest absolute Gasteiger partial charge is 0.220 e. The minimum atomic E-state index is 0. The van der Waals surface area contributed by atoms with E-state index < -0.39 is 0 Å². The molecule has 1 aromatic rings. The Morgan fingerprint density at radius 3 is 2.39 bits per heavy atom.